The summed E-state index contributed by atoms with van der Waals surface area (Å²) in [6.45, 7) is 3.50. The maximum atomic E-state index is 11.8. The van der Waals surface area contributed by atoms with E-state index in [9.17, 15) is 4.79 Å². The number of hydrogen-bond donors (Lipinski definition) is 0. The number of hydrogen-bond acceptors (Lipinski definition) is 6. The van der Waals surface area contributed by atoms with E-state index in [0.717, 1.165) is 16.7 Å². The number of benzene rings is 2. The molecule has 0 saturated carbocycles. The highest BCUT2D eigenvalue weighted by Crippen LogP contribution is 2.21. The van der Waals surface area contributed by atoms with Crippen molar-refractivity contribution in [2.45, 2.75) is 20.5 Å². The van der Waals surface area contributed by atoms with Crippen LogP contribution in [0.15, 0.2) is 46.9 Å². The zero-order chi connectivity index (χ0) is 18.5. The maximum absolute atomic E-state index is 11.8. The SMILES string of the molecule is Cc1cccc(-c2nnc(COC(=O)COc3ccc(Cl)c(C)c3)o2)c1. The van der Waals surface area contributed by atoms with Crippen LogP contribution in [0.2, 0.25) is 5.02 Å². The van der Waals surface area contributed by atoms with Crippen molar-refractivity contribution in [3.05, 3.63) is 64.5 Å². The van der Waals surface area contributed by atoms with Crippen LogP contribution in [0.5, 0.6) is 5.75 Å². The highest BCUT2D eigenvalue weighted by atomic mass is 35.5. The molecule has 0 bridgehead atoms. The monoisotopic (exact) mass is 372 g/mol. The van der Waals surface area contributed by atoms with Crippen molar-refractivity contribution in [2.75, 3.05) is 6.61 Å². The van der Waals surface area contributed by atoms with Gasteiger partial charge in [0.2, 0.25) is 5.89 Å². The number of ether oxygens (including phenoxy) is 2. The molecule has 0 unspecified atom stereocenters. The smallest absolute Gasteiger partial charge is 0.344 e. The third kappa shape index (κ3) is 4.61. The van der Waals surface area contributed by atoms with Gasteiger partial charge in [0.15, 0.2) is 13.2 Å². The molecule has 0 atom stereocenters. The van der Waals surface area contributed by atoms with Crippen molar-refractivity contribution in [2.24, 2.45) is 0 Å². The van der Waals surface area contributed by atoms with Gasteiger partial charge in [-0.15, -0.1) is 10.2 Å². The fourth-order valence-corrected chi connectivity index (χ4v) is 2.36. The molecule has 0 aliphatic rings. The largest absolute Gasteiger partial charge is 0.482 e. The van der Waals surface area contributed by atoms with Crippen molar-refractivity contribution in [1.82, 2.24) is 10.2 Å². The maximum Gasteiger partial charge on any atom is 0.344 e. The Hall–Kier alpha value is -2.86. The predicted octanol–water partition coefficient (Wildman–Crippen LogP) is 4.13. The number of carbonyl (C=O) groups excluding carboxylic acids is 1. The van der Waals surface area contributed by atoms with Gasteiger partial charge in [-0.1, -0.05) is 29.3 Å². The average molecular weight is 373 g/mol. The van der Waals surface area contributed by atoms with Crippen molar-refractivity contribution < 1.29 is 18.7 Å². The molecule has 0 aliphatic carbocycles. The van der Waals surface area contributed by atoms with Gasteiger partial charge in [0.05, 0.1) is 0 Å². The van der Waals surface area contributed by atoms with E-state index in [0.29, 0.717) is 16.7 Å². The summed E-state index contributed by atoms with van der Waals surface area (Å²) in [6, 6.07) is 12.8. The summed E-state index contributed by atoms with van der Waals surface area (Å²) in [5, 5.41) is 8.49. The predicted molar refractivity (Wildman–Crippen MR) is 96.0 cm³/mol. The van der Waals surface area contributed by atoms with E-state index >= 15 is 0 Å². The van der Waals surface area contributed by atoms with Crippen LogP contribution in [0, 0.1) is 13.8 Å². The molecular weight excluding hydrogens is 356 g/mol. The van der Waals surface area contributed by atoms with E-state index in [-0.39, 0.29) is 19.1 Å². The fourth-order valence-electron chi connectivity index (χ4n) is 2.24. The van der Waals surface area contributed by atoms with Crippen molar-refractivity contribution in [3.63, 3.8) is 0 Å². The molecule has 7 heteroatoms. The molecule has 0 saturated heterocycles. The molecule has 1 aromatic heterocycles. The number of aryl methyl sites for hydroxylation is 2. The second-order valence-electron chi connectivity index (χ2n) is 5.73. The van der Waals surface area contributed by atoms with Gasteiger partial charge in [0.1, 0.15) is 5.75 Å². The van der Waals surface area contributed by atoms with E-state index in [1.165, 1.54) is 0 Å². The van der Waals surface area contributed by atoms with Gasteiger partial charge in [0, 0.05) is 10.6 Å². The fraction of sp³-hybridized carbons (Fsp3) is 0.211. The van der Waals surface area contributed by atoms with E-state index in [2.05, 4.69) is 10.2 Å². The lowest BCUT2D eigenvalue weighted by molar-refractivity contribution is -0.148. The van der Waals surface area contributed by atoms with Crippen molar-refractivity contribution >= 4 is 17.6 Å². The molecule has 0 spiro atoms. The van der Waals surface area contributed by atoms with Crippen LogP contribution in [-0.2, 0) is 16.1 Å². The van der Waals surface area contributed by atoms with E-state index < -0.39 is 5.97 Å². The zero-order valence-corrected chi connectivity index (χ0v) is 15.1. The molecule has 6 nitrogen and oxygen atoms in total. The minimum absolute atomic E-state index is 0.110. The van der Waals surface area contributed by atoms with Crippen molar-refractivity contribution in [1.29, 1.82) is 0 Å². The summed E-state index contributed by atoms with van der Waals surface area (Å²) >= 11 is 5.95. The first-order chi connectivity index (χ1) is 12.5. The van der Waals surface area contributed by atoms with Gasteiger partial charge >= 0.3 is 5.97 Å². The van der Waals surface area contributed by atoms with Gasteiger partial charge in [-0.05, 0) is 49.7 Å². The van der Waals surface area contributed by atoms with Crippen LogP contribution < -0.4 is 4.74 Å². The number of aromatic nitrogens is 2. The highest BCUT2D eigenvalue weighted by molar-refractivity contribution is 6.31. The first-order valence-electron chi connectivity index (χ1n) is 7.95. The Labute approximate surface area is 155 Å². The van der Waals surface area contributed by atoms with Crippen LogP contribution in [-0.4, -0.2) is 22.8 Å². The molecule has 134 valence electrons. The zero-order valence-electron chi connectivity index (χ0n) is 14.4. The molecule has 26 heavy (non-hydrogen) atoms. The average Bonchev–Trinajstić information content (AvgIpc) is 3.10. The lowest BCUT2D eigenvalue weighted by Gasteiger charge is -2.07. The summed E-state index contributed by atoms with van der Waals surface area (Å²) in [5.74, 6) is 0.612. The van der Waals surface area contributed by atoms with Crippen LogP contribution in [0.25, 0.3) is 11.5 Å². The number of esters is 1. The molecule has 1 heterocycles. The standard InChI is InChI=1S/C19H17ClN2O4/c1-12-4-3-5-14(8-12)19-22-21-17(26-19)10-25-18(23)11-24-15-6-7-16(20)13(2)9-15/h3-9H,10-11H2,1-2H3. The Kier molecular flexibility index (Phi) is 5.53. The molecule has 0 amide bonds. The Morgan fingerprint density at radius 1 is 1.15 bits per heavy atom. The summed E-state index contributed by atoms with van der Waals surface area (Å²) in [4.78, 5) is 11.8. The van der Waals surface area contributed by atoms with Gasteiger partial charge < -0.3 is 13.9 Å². The Morgan fingerprint density at radius 2 is 2.00 bits per heavy atom. The third-order valence-electron chi connectivity index (χ3n) is 3.57. The topological polar surface area (TPSA) is 74.5 Å². The first kappa shape index (κ1) is 17.9. The second-order valence-corrected chi connectivity index (χ2v) is 6.14. The van der Waals surface area contributed by atoms with E-state index in [4.69, 9.17) is 25.5 Å². The van der Waals surface area contributed by atoms with Crippen LogP contribution in [0.3, 0.4) is 0 Å². The molecule has 0 N–H and O–H groups in total. The molecule has 0 radical (unpaired) electrons. The molecular formula is C19H17ClN2O4. The quantitative estimate of drug-likeness (QED) is 0.606. The summed E-state index contributed by atoms with van der Waals surface area (Å²) in [6.07, 6.45) is 0. The summed E-state index contributed by atoms with van der Waals surface area (Å²) < 4.78 is 16.0. The molecule has 3 aromatic rings. The normalized spacial score (nSPS) is 10.6. The van der Waals surface area contributed by atoms with Gasteiger partial charge in [-0.3, -0.25) is 0 Å². The van der Waals surface area contributed by atoms with Crippen molar-refractivity contribution in [3.8, 4) is 17.2 Å². The minimum atomic E-state index is -0.534. The molecule has 2 aromatic carbocycles. The van der Waals surface area contributed by atoms with Gasteiger partial charge in [-0.25, -0.2) is 4.79 Å². The minimum Gasteiger partial charge on any atom is -0.482 e. The van der Waals surface area contributed by atoms with Crippen LogP contribution in [0.4, 0.5) is 0 Å². The van der Waals surface area contributed by atoms with Crippen LogP contribution >= 0.6 is 11.6 Å². The Morgan fingerprint density at radius 3 is 2.77 bits per heavy atom. The summed E-state index contributed by atoms with van der Waals surface area (Å²) in [5.41, 5.74) is 2.77. The number of rotatable bonds is 6. The van der Waals surface area contributed by atoms with Gasteiger partial charge in [0.25, 0.3) is 5.89 Å². The molecule has 0 fully saturated rings. The first-order valence-corrected chi connectivity index (χ1v) is 8.33. The number of carbonyl (C=O) groups is 1. The van der Waals surface area contributed by atoms with E-state index in [1.807, 2.05) is 38.1 Å². The lowest BCUT2D eigenvalue weighted by Crippen LogP contribution is -2.14. The van der Waals surface area contributed by atoms with Gasteiger partial charge in [-0.2, -0.15) is 0 Å². The summed E-state index contributed by atoms with van der Waals surface area (Å²) in [7, 11) is 0. The van der Waals surface area contributed by atoms with Crippen LogP contribution in [0.1, 0.15) is 17.0 Å². The molecule has 0 aliphatic heterocycles. The number of nitrogens with zero attached hydrogens (tertiary/aromatic N) is 2. The number of halogens is 1. The Bertz CT molecular complexity index is 923. The molecule has 3 rings (SSSR count). The lowest BCUT2D eigenvalue weighted by atomic mass is 10.1. The van der Waals surface area contributed by atoms with E-state index in [1.54, 1.807) is 18.2 Å². The Balaban J connectivity index is 1.51. The third-order valence-corrected chi connectivity index (χ3v) is 4.00. The highest BCUT2D eigenvalue weighted by Gasteiger charge is 2.12. The second kappa shape index (κ2) is 8.01.